The fourth-order valence-corrected chi connectivity index (χ4v) is 4.17. The Hall–Kier alpha value is -1.32. The highest BCUT2D eigenvalue weighted by atomic mass is 35.5. The lowest BCUT2D eigenvalue weighted by molar-refractivity contribution is -0.127. The van der Waals surface area contributed by atoms with E-state index in [4.69, 9.17) is 0 Å². The Bertz CT molecular complexity index is 717. The number of hydrogen-bond donors (Lipinski definition) is 2. The number of hydrogen-bond acceptors (Lipinski definition) is 4. The van der Waals surface area contributed by atoms with Gasteiger partial charge in [-0.2, -0.15) is 13.2 Å². The van der Waals surface area contributed by atoms with Crippen LogP contribution >= 0.6 is 12.4 Å². The molecule has 10 heteroatoms. The Morgan fingerprint density at radius 3 is 2.40 bits per heavy atom. The van der Waals surface area contributed by atoms with Crippen molar-refractivity contribution in [2.24, 2.45) is 0 Å². The summed E-state index contributed by atoms with van der Waals surface area (Å²) >= 11 is 0. The van der Waals surface area contributed by atoms with E-state index in [1.807, 2.05) is 0 Å². The molecule has 2 N–H and O–H groups in total. The summed E-state index contributed by atoms with van der Waals surface area (Å²) in [6.45, 7) is 0.767. The molecule has 1 aliphatic heterocycles. The average molecular weight is 401 g/mol. The molecular weight excluding hydrogens is 381 g/mol. The van der Waals surface area contributed by atoms with Gasteiger partial charge in [-0.15, -0.1) is 12.4 Å². The molecule has 0 radical (unpaired) electrons. The van der Waals surface area contributed by atoms with Crippen LogP contribution in [0.5, 0.6) is 0 Å². The highest BCUT2D eigenvalue weighted by molar-refractivity contribution is 7.92. The van der Waals surface area contributed by atoms with Crippen molar-refractivity contribution in [3.05, 3.63) is 29.8 Å². The van der Waals surface area contributed by atoms with E-state index in [-0.39, 0.29) is 36.5 Å². The third kappa shape index (κ3) is 5.32. The van der Waals surface area contributed by atoms with E-state index in [2.05, 4.69) is 10.6 Å². The lowest BCUT2D eigenvalue weighted by Gasteiger charge is -2.34. The molecule has 0 spiro atoms. The standard InChI is InChI=1S/C15H19F3N2O3S.ClH/c1-24(22,23)14(5-7-19-8-6-14)13(21)20-12-4-2-3-11(9-12)10-15(16,17)18;/h2-4,9,19H,5-8,10H2,1H3,(H,20,21);1H. The minimum absolute atomic E-state index is 0. The maximum atomic E-state index is 12.6. The minimum atomic E-state index is -4.36. The van der Waals surface area contributed by atoms with Gasteiger partial charge < -0.3 is 10.6 Å². The summed E-state index contributed by atoms with van der Waals surface area (Å²) in [7, 11) is -3.68. The summed E-state index contributed by atoms with van der Waals surface area (Å²) < 4.78 is 60.2. The number of carbonyl (C=O) groups excluding carboxylic acids is 1. The first-order valence-electron chi connectivity index (χ1n) is 7.41. The Morgan fingerprint density at radius 1 is 1.28 bits per heavy atom. The zero-order chi connectivity index (χ0) is 18.0. The number of carbonyl (C=O) groups is 1. The number of benzene rings is 1. The first-order chi connectivity index (χ1) is 11.0. The van der Waals surface area contributed by atoms with E-state index in [9.17, 15) is 26.4 Å². The monoisotopic (exact) mass is 400 g/mol. The third-order valence-corrected chi connectivity index (χ3v) is 6.14. The number of piperidine rings is 1. The summed E-state index contributed by atoms with van der Waals surface area (Å²) in [5.74, 6) is -0.698. The lowest BCUT2D eigenvalue weighted by Crippen LogP contribution is -2.55. The highest BCUT2D eigenvalue weighted by Crippen LogP contribution is 2.30. The zero-order valence-electron chi connectivity index (χ0n) is 13.5. The molecule has 1 heterocycles. The molecule has 1 fully saturated rings. The summed E-state index contributed by atoms with van der Waals surface area (Å²) in [6.07, 6.45) is -4.21. The van der Waals surface area contributed by atoms with Crippen molar-refractivity contribution in [3.63, 3.8) is 0 Å². The smallest absolute Gasteiger partial charge is 0.325 e. The molecule has 0 unspecified atom stereocenters. The van der Waals surface area contributed by atoms with Crippen molar-refractivity contribution in [3.8, 4) is 0 Å². The quantitative estimate of drug-likeness (QED) is 0.813. The molecule has 1 saturated heterocycles. The zero-order valence-corrected chi connectivity index (χ0v) is 15.2. The molecule has 1 amide bonds. The second-order valence-electron chi connectivity index (χ2n) is 5.96. The van der Waals surface area contributed by atoms with E-state index < -0.39 is 33.1 Å². The molecule has 1 aromatic rings. The van der Waals surface area contributed by atoms with Crippen LogP contribution in [0.25, 0.3) is 0 Å². The molecule has 0 saturated carbocycles. The third-order valence-electron chi connectivity index (χ3n) is 4.12. The number of alkyl halides is 3. The predicted octanol–water partition coefficient (Wildman–Crippen LogP) is 2.32. The molecule has 1 aromatic carbocycles. The second kappa shape index (κ2) is 7.92. The van der Waals surface area contributed by atoms with Gasteiger partial charge in [0.25, 0.3) is 0 Å². The van der Waals surface area contributed by atoms with Gasteiger partial charge in [-0.1, -0.05) is 12.1 Å². The van der Waals surface area contributed by atoms with Crippen LogP contribution in [0.4, 0.5) is 18.9 Å². The SMILES string of the molecule is CS(=O)(=O)C1(C(=O)Nc2cccc(CC(F)(F)F)c2)CCNCC1.Cl. The number of anilines is 1. The van der Waals surface area contributed by atoms with Gasteiger partial charge in [0, 0.05) is 11.9 Å². The minimum Gasteiger partial charge on any atom is -0.325 e. The van der Waals surface area contributed by atoms with Gasteiger partial charge in [-0.3, -0.25) is 4.79 Å². The fraction of sp³-hybridized carbons (Fsp3) is 0.533. The van der Waals surface area contributed by atoms with Gasteiger partial charge in [0.1, 0.15) is 0 Å². The summed E-state index contributed by atoms with van der Waals surface area (Å²) in [5.41, 5.74) is 0.155. The molecule has 2 rings (SSSR count). The van der Waals surface area contributed by atoms with Crippen molar-refractivity contribution in [2.45, 2.75) is 30.2 Å². The molecule has 0 aliphatic carbocycles. The van der Waals surface area contributed by atoms with E-state index in [1.165, 1.54) is 24.3 Å². The van der Waals surface area contributed by atoms with Crippen molar-refractivity contribution in [2.75, 3.05) is 24.7 Å². The Balaban J connectivity index is 0.00000312. The van der Waals surface area contributed by atoms with Crippen molar-refractivity contribution >= 4 is 33.8 Å². The maximum Gasteiger partial charge on any atom is 0.393 e. The van der Waals surface area contributed by atoms with Crippen LogP contribution in [0.15, 0.2) is 24.3 Å². The molecule has 0 atom stereocenters. The first-order valence-corrected chi connectivity index (χ1v) is 9.30. The van der Waals surface area contributed by atoms with Gasteiger partial charge in [0.15, 0.2) is 14.6 Å². The number of rotatable bonds is 4. The van der Waals surface area contributed by atoms with E-state index in [1.54, 1.807) is 0 Å². The van der Waals surface area contributed by atoms with Crippen LogP contribution in [0.1, 0.15) is 18.4 Å². The number of sulfone groups is 1. The molecule has 25 heavy (non-hydrogen) atoms. The van der Waals surface area contributed by atoms with E-state index in [0.29, 0.717) is 13.1 Å². The highest BCUT2D eigenvalue weighted by Gasteiger charge is 2.48. The average Bonchev–Trinajstić information content (AvgIpc) is 2.45. The van der Waals surface area contributed by atoms with Crippen molar-refractivity contribution in [1.82, 2.24) is 5.32 Å². The van der Waals surface area contributed by atoms with Crippen molar-refractivity contribution < 1.29 is 26.4 Å². The van der Waals surface area contributed by atoms with E-state index in [0.717, 1.165) is 6.26 Å². The van der Waals surface area contributed by atoms with Gasteiger partial charge in [-0.25, -0.2) is 8.42 Å². The number of amides is 1. The number of nitrogens with one attached hydrogen (secondary N) is 2. The van der Waals surface area contributed by atoms with Crippen molar-refractivity contribution in [1.29, 1.82) is 0 Å². The normalized spacial score (nSPS) is 17.4. The lowest BCUT2D eigenvalue weighted by atomic mass is 9.95. The predicted molar refractivity (Wildman–Crippen MR) is 91.8 cm³/mol. The van der Waals surface area contributed by atoms with Gasteiger partial charge in [-0.05, 0) is 43.6 Å². The Labute approximate surface area is 150 Å². The molecular formula is C15H20ClF3N2O3S. The second-order valence-corrected chi connectivity index (χ2v) is 8.29. The van der Waals surface area contributed by atoms with Crippen LogP contribution in [0.2, 0.25) is 0 Å². The molecule has 0 bridgehead atoms. The van der Waals surface area contributed by atoms with Crippen LogP contribution in [0, 0.1) is 0 Å². The van der Waals surface area contributed by atoms with Gasteiger partial charge in [0.2, 0.25) is 5.91 Å². The molecule has 5 nitrogen and oxygen atoms in total. The Kier molecular flexibility index (Phi) is 6.88. The number of halogens is 4. The summed E-state index contributed by atoms with van der Waals surface area (Å²) in [6, 6.07) is 5.35. The summed E-state index contributed by atoms with van der Waals surface area (Å²) in [4.78, 5) is 12.6. The largest absolute Gasteiger partial charge is 0.393 e. The topological polar surface area (TPSA) is 75.3 Å². The molecule has 142 valence electrons. The fourth-order valence-electron chi connectivity index (χ4n) is 2.83. The Morgan fingerprint density at radius 2 is 1.88 bits per heavy atom. The first kappa shape index (κ1) is 21.7. The van der Waals surface area contributed by atoms with E-state index >= 15 is 0 Å². The van der Waals surface area contributed by atoms with Crippen LogP contribution in [0.3, 0.4) is 0 Å². The van der Waals surface area contributed by atoms with Crippen LogP contribution < -0.4 is 10.6 Å². The molecule has 0 aromatic heterocycles. The van der Waals surface area contributed by atoms with Gasteiger partial charge >= 0.3 is 6.18 Å². The van der Waals surface area contributed by atoms with Crippen LogP contribution in [-0.2, 0) is 21.1 Å². The maximum absolute atomic E-state index is 12.6. The van der Waals surface area contributed by atoms with Crippen LogP contribution in [-0.4, -0.2) is 44.6 Å². The summed E-state index contributed by atoms with van der Waals surface area (Å²) in [5, 5.41) is 5.47. The molecule has 1 aliphatic rings. The van der Waals surface area contributed by atoms with Gasteiger partial charge in [0.05, 0.1) is 6.42 Å².